The Labute approximate surface area is 180 Å². The van der Waals surface area contributed by atoms with Gasteiger partial charge in [-0.3, -0.25) is 4.79 Å². The molecule has 2 aromatic carbocycles. The molecular weight excluding hydrogens is 423 g/mol. The zero-order valence-electron chi connectivity index (χ0n) is 17.1. The number of hydrogen-bond acceptors (Lipinski definition) is 4. The van der Waals surface area contributed by atoms with Crippen LogP contribution >= 0.6 is 0 Å². The Morgan fingerprint density at radius 2 is 1.94 bits per heavy atom. The van der Waals surface area contributed by atoms with Crippen molar-refractivity contribution >= 4 is 27.6 Å². The average Bonchev–Trinajstić information content (AvgIpc) is 2.72. The van der Waals surface area contributed by atoms with Crippen LogP contribution in [0.1, 0.15) is 28.8 Å². The summed E-state index contributed by atoms with van der Waals surface area (Å²) in [5.74, 6) is -0.788. The van der Waals surface area contributed by atoms with Crippen molar-refractivity contribution in [1.29, 1.82) is 0 Å². The number of carbonyl (C=O) groups is 2. The molecule has 31 heavy (non-hydrogen) atoms. The number of urea groups is 1. The molecule has 1 unspecified atom stereocenters. The molecule has 1 fully saturated rings. The first-order valence-corrected chi connectivity index (χ1v) is 11.8. The van der Waals surface area contributed by atoms with Crippen LogP contribution in [-0.4, -0.2) is 50.6 Å². The van der Waals surface area contributed by atoms with Gasteiger partial charge in [0, 0.05) is 42.5 Å². The minimum absolute atomic E-state index is 0.0462. The highest BCUT2D eigenvalue weighted by molar-refractivity contribution is 7.88. The van der Waals surface area contributed by atoms with Gasteiger partial charge < -0.3 is 15.5 Å². The van der Waals surface area contributed by atoms with Crippen LogP contribution in [0, 0.1) is 5.82 Å². The van der Waals surface area contributed by atoms with E-state index in [1.54, 1.807) is 36.4 Å². The second-order valence-corrected chi connectivity index (χ2v) is 9.24. The van der Waals surface area contributed by atoms with Gasteiger partial charge in [0.1, 0.15) is 5.82 Å². The number of halogens is 1. The third kappa shape index (κ3) is 6.76. The van der Waals surface area contributed by atoms with E-state index in [1.807, 2.05) is 0 Å². The third-order valence-electron chi connectivity index (χ3n) is 4.86. The quantitative estimate of drug-likeness (QED) is 0.630. The summed E-state index contributed by atoms with van der Waals surface area (Å²) in [6, 6.07) is 11.9. The predicted molar refractivity (Wildman–Crippen MR) is 116 cm³/mol. The minimum Gasteiger partial charge on any atom is -0.348 e. The second-order valence-electron chi connectivity index (χ2n) is 7.46. The van der Waals surface area contributed by atoms with Crippen molar-refractivity contribution in [3.05, 3.63) is 65.5 Å². The SMILES string of the molecule is CS(=O)(=O)NC1CCCN(C(=O)Nc2cccc(C(=O)NCc3ccccc3F)c2)C1. The lowest BCUT2D eigenvalue weighted by molar-refractivity contribution is 0.0950. The van der Waals surface area contributed by atoms with Crippen LogP contribution in [0.4, 0.5) is 14.9 Å². The first kappa shape index (κ1) is 22.7. The number of anilines is 1. The van der Waals surface area contributed by atoms with Crippen molar-refractivity contribution in [3.8, 4) is 0 Å². The first-order chi connectivity index (χ1) is 14.7. The van der Waals surface area contributed by atoms with Crippen molar-refractivity contribution in [2.24, 2.45) is 0 Å². The van der Waals surface area contributed by atoms with Crippen LogP contribution in [0.25, 0.3) is 0 Å². The van der Waals surface area contributed by atoms with Crippen LogP contribution in [0.15, 0.2) is 48.5 Å². The van der Waals surface area contributed by atoms with E-state index in [9.17, 15) is 22.4 Å². The number of sulfonamides is 1. The number of nitrogens with zero attached hydrogens (tertiary/aromatic N) is 1. The van der Waals surface area contributed by atoms with E-state index in [1.165, 1.54) is 17.0 Å². The fourth-order valence-corrected chi connectivity index (χ4v) is 4.22. The molecule has 0 bridgehead atoms. The minimum atomic E-state index is -3.35. The van der Waals surface area contributed by atoms with Gasteiger partial charge in [0.25, 0.3) is 5.91 Å². The molecule has 3 amide bonds. The van der Waals surface area contributed by atoms with E-state index in [-0.39, 0.29) is 25.2 Å². The highest BCUT2D eigenvalue weighted by Crippen LogP contribution is 2.15. The maximum atomic E-state index is 13.7. The van der Waals surface area contributed by atoms with Gasteiger partial charge >= 0.3 is 6.03 Å². The smallest absolute Gasteiger partial charge is 0.321 e. The number of piperidine rings is 1. The van der Waals surface area contributed by atoms with Gasteiger partial charge in [-0.25, -0.2) is 22.3 Å². The molecule has 8 nitrogen and oxygen atoms in total. The van der Waals surface area contributed by atoms with E-state index in [2.05, 4.69) is 15.4 Å². The Bertz CT molecular complexity index is 1060. The van der Waals surface area contributed by atoms with E-state index in [0.717, 1.165) is 6.26 Å². The maximum absolute atomic E-state index is 13.7. The molecule has 3 rings (SSSR count). The van der Waals surface area contributed by atoms with E-state index in [4.69, 9.17) is 0 Å². The standard InChI is InChI=1S/C21H25FN4O4S/c1-31(29,30)25-18-9-5-11-26(14-18)21(28)24-17-8-4-7-15(12-17)20(27)23-13-16-6-2-3-10-19(16)22/h2-4,6-8,10,12,18,25H,5,9,11,13-14H2,1H3,(H,23,27)(H,24,28). The zero-order valence-corrected chi connectivity index (χ0v) is 17.9. The van der Waals surface area contributed by atoms with Crippen LogP contribution in [0.3, 0.4) is 0 Å². The molecule has 2 aromatic rings. The second kappa shape index (κ2) is 9.88. The van der Waals surface area contributed by atoms with Gasteiger partial charge in [-0.2, -0.15) is 0 Å². The highest BCUT2D eigenvalue weighted by atomic mass is 32.2. The molecule has 1 aliphatic rings. The first-order valence-electron chi connectivity index (χ1n) is 9.86. The Morgan fingerprint density at radius 1 is 1.16 bits per heavy atom. The normalized spacial score (nSPS) is 16.6. The van der Waals surface area contributed by atoms with Gasteiger partial charge in [0.2, 0.25) is 10.0 Å². The molecule has 0 aromatic heterocycles. The predicted octanol–water partition coefficient (Wildman–Crippen LogP) is 2.30. The lowest BCUT2D eigenvalue weighted by Gasteiger charge is -2.32. The molecule has 1 heterocycles. The third-order valence-corrected chi connectivity index (χ3v) is 5.62. The molecule has 3 N–H and O–H groups in total. The Hall–Kier alpha value is -2.98. The topological polar surface area (TPSA) is 108 Å². The molecule has 0 spiro atoms. The molecule has 0 radical (unpaired) electrons. The lowest BCUT2D eigenvalue weighted by atomic mass is 10.1. The highest BCUT2D eigenvalue weighted by Gasteiger charge is 2.25. The summed E-state index contributed by atoms with van der Waals surface area (Å²) in [5.41, 5.74) is 1.13. The van der Waals surface area contributed by atoms with Gasteiger partial charge in [0.15, 0.2) is 0 Å². The average molecular weight is 449 g/mol. The largest absolute Gasteiger partial charge is 0.348 e. The molecule has 1 atom stereocenters. The Morgan fingerprint density at radius 3 is 2.68 bits per heavy atom. The summed E-state index contributed by atoms with van der Waals surface area (Å²) in [6.45, 7) is 0.822. The molecular formula is C21H25FN4O4S. The van der Waals surface area contributed by atoms with Crippen molar-refractivity contribution in [2.75, 3.05) is 24.7 Å². The Kier molecular flexibility index (Phi) is 7.24. The monoisotopic (exact) mass is 448 g/mol. The number of nitrogens with one attached hydrogen (secondary N) is 3. The number of benzene rings is 2. The summed E-state index contributed by atoms with van der Waals surface area (Å²) in [6.07, 6.45) is 2.43. The number of hydrogen-bond donors (Lipinski definition) is 3. The number of carbonyl (C=O) groups excluding carboxylic acids is 2. The van der Waals surface area contributed by atoms with E-state index < -0.39 is 21.7 Å². The van der Waals surface area contributed by atoms with E-state index >= 15 is 0 Å². The summed E-state index contributed by atoms with van der Waals surface area (Å²) >= 11 is 0. The van der Waals surface area contributed by atoms with Crippen molar-refractivity contribution in [3.63, 3.8) is 0 Å². The molecule has 1 aliphatic heterocycles. The van der Waals surface area contributed by atoms with Crippen LogP contribution < -0.4 is 15.4 Å². The number of amides is 3. The molecule has 1 saturated heterocycles. The fourth-order valence-electron chi connectivity index (χ4n) is 3.42. The van der Waals surface area contributed by atoms with Gasteiger partial charge in [-0.15, -0.1) is 0 Å². The van der Waals surface area contributed by atoms with Gasteiger partial charge in [-0.05, 0) is 37.1 Å². The molecule has 166 valence electrons. The fraction of sp³-hybridized carbons (Fsp3) is 0.333. The number of rotatable bonds is 6. The Balaban J connectivity index is 1.59. The molecule has 0 saturated carbocycles. The van der Waals surface area contributed by atoms with Gasteiger partial charge in [0.05, 0.1) is 6.26 Å². The van der Waals surface area contributed by atoms with Crippen LogP contribution in [0.5, 0.6) is 0 Å². The lowest BCUT2D eigenvalue weighted by Crippen LogP contribution is -2.50. The van der Waals surface area contributed by atoms with Crippen LogP contribution in [0.2, 0.25) is 0 Å². The van der Waals surface area contributed by atoms with Crippen molar-refractivity contribution < 1.29 is 22.4 Å². The molecule has 10 heteroatoms. The maximum Gasteiger partial charge on any atom is 0.321 e. The summed E-state index contributed by atoms with van der Waals surface area (Å²) in [4.78, 5) is 26.6. The summed E-state index contributed by atoms with van der Waals surface area (Å²) < 4.78 is 39.1. The van der Waals surface area contributed by atoms with Crippen molar-refractivity contribution in [2.45, 2.75) is 25.4 Å². The summed E-state index contributed by atoms with van der Waals surface area (Å²) in [5, 5.41) is 5.40. The van der Waals surface area contributed by atoms with Crippen molar-refractivity contribution in [1.82, 2.24) is 14.9 Å². The zero-order chi connectivity index (χ0) is 22.4. The van der Waals surface area contributed by atoms with E-state index in [0.29, 0.717) is 36.2 Å². The molecule has 0 aliphatic carbocycles. The number of likely N-dealkylation sites (tertiary alicyclic amines) is 1. The van der Waals surface area contributed by atoms with Crippen LogP contribution in [-0.2, 0) is 16.6 Å². The summed E-state index contributed by atoms with van der Waals surface area (Å²) in [7, 11) is -3.35. The van der Waals surface area contributed by atoms with Gasteiger partial charge in [-0.1, -0.05) is 24.3 Å².